The predicted molar refractivity (Wildman–Crippen MR) is 69.7 cm³/mol. The Morgan fingerprint density at radius 3 is 2.25 bits per heavy atom. The average Bonchev–Trinajstić information content (AvgIpc) is 2.16. The van der Waals surface area contributed by atoms with E-state index in [2.05, 4.69) is 17.2 Å². The quantitative estimate of drug-likeness (QED) is 0.422. The maximum atomic E-state index is 11.6. The molecule has 0 aromatic heterocycles. The van der Waals surface area contributed by atoms with Crippen LogP contribution in [0.15, 0.2) is 4.99 Å². The molecule has 0 atom stereocenters. The summed E-state index contributed by atoms with van der Waals surface area (Å²) in [6.07, 6.45) is 4.35. The van der Waals surface area contributed by atoms with Crippen LogP contribution in [-0.4, -0.2) is 17.8 Å². The molecular weight excluding hydrogens is 200 g/mol. The first-order chi connectivity index (χ1) is 7.47. The van der Waals surface area contributed by atoms with Crippen LogP contribution in [0.5, 0.6) is 0 Å². The molecule has 94 valence electrons. The van der Waals surface area contributed by atoms with Gasteiger partial charge in [0.05, 0.1) is 0 Å². The molecule has 1 N–H and O–H groups in total. The fourth-order valence-electron chi connectivity index (χ4n) is 1.30. The number of amides is 1. The smallest absolute Gasteiger partial charge is 0.227 e. The molecule has 0 saturated carbocycles. The van der Waals surface area contributed by atoms with Crippen molar-refractivity contribution in [2.45, 2.75) is 66.3 Å². The molecule has 0 aromatic rings. The highest BCUT2D eigenvalue weighted by Crippen LogP contribution is 2.02. The average molecular weight is 226 g/mol. The fraction of sp³-hybridized carbons (Fsp3) is 0.846. The van der Waals surface area contributed by atoms with Crippen LogP contribution in [0.2, 0.25) is 0 Å². The summed E-state index contributed by atoms with van der Waals surface area (Å²) in [4.78, 5) is 16.0. The number of carbonyl (C=O) groups excluding carboxylic acids is 1. The lowest BCUT2D eigenvalue weighted by atomic mass is 10.1. The van der Waals surface area contributed by atoms with Gasteiger partial charge >= 0.3 is 0 Å². The summed E-state index contributed by atoms with van der Waals surface area (Å²) in [5.74, 6) is 0.932. The van der Waals surface area contributed by atoms with Crippen molar-refractivity contribution in [2.75, 3.05) is 0 Å². The van der Waals surface area contributed by atoms with Gasteiger partial charge in [-0.3, -0.25) is 9.79 Å². The highest BCUT2D eigenvalue weighted by molar-refractivity contribution is 5.98. The largest absolute Gasteiger partial charge is 0.314 e. The molecule has 0 fully saturated rings. The van der Waals surface area contributed by atoms with E-state index in [0.29, 0.717) is 0 Å². The van der Waals surface area contributed by atoms with Gasteiger partial charge in [0.25, 0.3) is 0 Å². The van der Waals surface area contributed by atoms with E-state index >= 15 is 0 Å². The van der Waals surface area contributed by atoms with E-state index in [0.717, 1.165) is 18.7 Å². The summed E-state index contributed by atoms with van der Waals surface area (Å²) in [5.41, 5.74) is 0. The SMILES string of the molecule is CCCCCC(=NC(C)C)NC(=O)C(C)C. The monoisotopic (exact) mass is 226 g/mol. The van der Waals surface area contributed by atoms with Gasteiger partial charge in [0, 0.05) is 18.4 Å². The summed E-state index contributed by atoms with van der Waals surface area (Å²) in [6.45, 7) is 10.0. The lowest BCUT2D eigenvalue weighted by Gasteiger charge is -2.12. The fourth-order valence-corrected chi connectivity index (χ4v) is 1.30. The van der Waals surface area contributed by atoms with Gasteiger partial charge in [-0.15, -0.1) is 0 Å². The first-order valence-electron chi connectivity index (χ1n) is 6.34. The van der Waals surface area contributed by atoms with Gasteiger partial charge in [-0.1, -0.05) is 33.6 Å². The minimum absolute atomic E-state index is 0.0172. The highest BCUT2D eigenvalue weighted by atomic mass is 16.1. The Kier molecular flexibility index (Phi) is 7.86. The Balaban J connectivity index is 4.27. The number of hydrogen-bond donors (Lipinski definition) is 1. The van der Waals surface area contributed by atoms with Crippen LogP contribution in [0, 0.1) is 5.92 Å². The summed E-state index contributed by atoms with van der Waals surface area (Å²) < 4.78 is 0. The van der Waals surface area contributed by atoms with Crippen molar-refractivity contribution < 1.29 is 4.79 Å². The Hall–Kier alpha value is -0.860. The Morgan fingerprint density at radius 1 is 1.19 bits per heavy atom. The molecule has 0 aliphatic heterocycles. The molecule has 0 rings (SSSR count). The maximum absolute atomic E-state index is 11.6. The molecule has 0 unspecified atom stereocenters. The van der Waals surface area contributed by atoms with Gasteiger partial charge in [-0.05, 0) is 20.3 Å². The van der Waals surface area contributed by atoms with Crippen LogP contribution in [0.1, 0.15) is 60.3 Å². The van der Waals surface area contributed by atoms with Crippen LogP contribution < -0.4 is 5.32 Å². The summed E-state index contributed by atoms with van der Waals surface area (Å²) in [5, 5.41) is 2.92. The Labute approximate surface area is 99.7 Å². The molecule has 16 heavy (non-hydrogen) atoms. The lowest BCUT2D eigenvalue weighted by molar-refractivity contribution is -0.122. The first-order valence-corrected chi connectivity index (χ1v) is 6.34. The number of unbranched alkanes of at least 4 members (excludes halogenated alkanes) is 2. The molecule has 0 aliphatic carbocycles. The molecular formula is C13H26N2O. The minimum atomic E-state index is 0.0172. The van der Waals surface area contributed by atoms with Gasteiger partial charge in [-0.25, -0.2) is 0 Å². The molecule has 0 bridgehead atoms. The first kappa shape index (κ1) is 15.1. The third kappa shape index (κ3) is 7.43. The molecule has 0 aromatic carbocycles. The summed E-state index contributed by atoms with van der Waals surface area (Å²) in [7, 11) is 0. The van der Waals surface area contributed by atoms with Gasteiger partial charge in [0.2, 0.25) is 5.91 Å². The van der Waals surface area contributed by atoms with Crippen molar-refractivity contribution in [2.24, 2.45) is 10.9 Å². The molecule has 0 heterocycles. The zero-order valence-corrected chi connectivity index (χ0v) is 11.3. The molecule has 3 nitrogen and oxygen atoms in total. The van der Waals surface area contributed by atoms with Crippen molar-refractivity contribution >= 4 is 11.7 Å². The van der Waals surface area contributed by atoms with Gasteiger partial charge < -0.3 is 5.32 Å². The van der Waals surface area contributed by atoms with E-state index in [9.17, 15) is 4.79 Å². The zero-order chi connectivity index (χ0) is 12.6. The van der Waals surface area contributed by atoms with Crippen molar-refractivity contribution in [3.8, 4) is 0 Å². The molecule has 0 aliphatic rings. The van der Waals surface area contributed by atoms with E-state index in [1.807, 2.05) is 27.7 Å². The lowest BCUT2D eigenvalue weighted by Crippen LogP contribution is -2.34. The second-order valence-corrected chi connectivity index (χ2v) is 4.77. The van der Waals surface area contributed by atoms with Gasteiger partial charge in [-0.2, -0.15) is 0 Å². The van der Waals surface area contributed by atoms with Crippen LogP contribution in [0.3, 0.4) is 0 Å². The van der Waals surface area contributed by atoms with E-state index in [1.165, 1.54) is 12.8 Å². The number of hydrogen-bond acceptors (Lipinski definition) is 2. The number of rotatable bonds is 6. The van der Waals surface area contributed by atoms with E-state index in [1.54, 1.807) is 0 Å². The second-order valence-electron chi connectivity index (χ2n) is 4.77. The predicted octanol–water partition coefficient (Wildman–Crippen LogP) is 3.15. The van der Waals surface area contributed by atoms with E-state index in [-0.39, 0.29) is 17.9 Å². The molecule has 0 saturated heterocycles. The number of nitrogens with zero attached hydrogens (tertiary/aromatic N) is 1. The van der Waals surface area contributed by atoms with Crippen molar-refractivity contribution in [3.63, 3.8) is 0 Å². The number of amidine groups is 1. The molecule has 1 amide bonds. The Bertz CT molecular complexity index is 232. The minimum Gasteiger partial charge on any atom is -0.314 e. The third-order valence-corrected chi connectivity index (χ3v) is 2.22. The van der Waals surface area contributed by atoms with Crippen molar-refractivity contribution in [1.82, 2.24) is 5.32 Å². The molecule has 3 heteroatoms. The standard InChI is InChI=1S/C13H26N2O/c1-6-7-8-9-12(14-11(4)5)15-13(16)10(2)3/h10-11H,6-9H2,1-5H3,(H,14,15,16). The molecule has 0 spiro atoms. The van der Waals surface area contributed by atoms with Crippen molar-refractivity contribution in [1.29, 1.82) is 0 Å². The third-order valence-electron chi connectivity index (χ3n) is 2.22. The molecule has 0 radical (unpaired) electrons. The van der Waals surface area contributed by atoms with Crippen LogP contribution >= 0.6 is 0 Å². The van der Waals surface area contributed by atoms with E-state index in [4.69, 9.17) is 0 Å². The number of aliphatic imine (C=N–C) groups is 1. The van der Waals surface area contributed by atoms with Crippen LogP contribution in [-0.2, 0) is 4.79 Å². The summed E-state index contributed by atoms with van der Waals surface area (Å²) in [6, 6.07) is 0.240. The van der Waals surface area contributed by atoms with Crippen LogP contribution in [0.25, 0.3) is 0 Å². The van der Waals surface area contributed by atoms with Gasteiger partial charge in [0.1, 0.15) is 5.84 Å². The second kappa shape index (κ2) is 8.31. The van der Waals surface area contributed by atoms with Crippen LogP contribution in [0.4, 0.5) is 0 Å². The van der Waals surface area contributed by atoms with Gasteiger partial charge in [0.15, 0.2) is 0 Å². The Morgan fingerprint density at radius 2 is 1.81 bits per heavy atom. The normalized spacial score (nSPS) is 12.3. The summed E-state index contributed by atoms with van der Waals surface area (Å²) >= 11 is 0. The zero-order valence-electron chi connectivity index (χ0n) is 11.3. The highest BCUT2D eigenvalue weighted by Gasteiger charge is 2.10. The van der Waals surface area contributed by atoms with E-state index < -0.39 is 0 Å². The topological polar surface area (TPSA) is 41.5 Å². The number of nitrogens with one attached hydrogen (secondary N) is 1. The van der Waals surface area contributed by atoms with Crippen molar-refractivity contribution in [3.05, 3.63) is 0 Å². The maximum Gasteiger partial charge on any atom is 0.227 e. The number of carbonyl (C=O) groups is 1.